The minimum Gasteiger partial charge on any atom is -0.481 e. The molecule has 0 radical (unpaired) electrons. The van der Waals surface area contributed by atoms with Crippen LogP contribution in [0.5, 0.6) is 0 Å². The van der Waals surface area contributed by atoms with Crippen molar-refractivity contribution >= 4 is 11.9 Å². The van der Waals surface area contributed by atoms with Crippen molar-refractivity contribution in [3.05, 3.63) is 0 Å². The summed E-state index contributed by atoms with van der Waals surface area (Å²) in [5, 5.41) is 70.6. The van der Waals surface area contributed by atoms with E-state index in [4.69, 9.17) is 28.8 Å². The normalized spacial score (nSPS) is 33.2. The molecule has 0 saturated carbocycles. The molecule has 2 fully saturated rings. The van der Waals surface area contributed by atoms with Gasteiger partial charge in [0.15, 0.2) is 12.6 Å². The second kappa shape index (κ2) is 20.6. The zero-order valence-electron chi connectivity index (χ0n) is 25.9. The maximum absolute atomic E-state index is 11.2. The number of carbonyl (C=O) groups excluding carboxylic acids is 1. The molecule has 2 aliphatic heterocycles. The topological polar surface area (TPSA) is 222 Å². The van der Waals surface area contributed by atoms with E-state index in [9.17, 15) is 40.2 Å². The molecule has 14 nitrogen and oxygen atoms in total. The molecule has 258 valence electrons. The number of carboxylic acid groups (broad SMARTS) is 1. The van der Waals surface area contributed by atoms with Gasteiger partial charge in [-0.1, -0.05) is 64.2 Å². The Labute approximate surface area is 259 Å². The summed E-state index contributed by atoms with van der Waals surface area (Å²) in [5.41, 5.74) is 0. The first-order valence-electron chi connectivity index (χ1n) is 15.9. The maximum atomic E-state index is 11.2. The summed E-state index contributed by atoms with van der Waals surface area (Å²) in [6, 6.07) is 0. The molecule has 11 atom stereocenters. The number of aliphatic carboxylic acids is 1. The van der Waals surface area contributed by atoms with Crippen LogP contribution in [0.1, 0.15) is 97.3 Å². The van der Waals surface area contributed by atoms with E-state index in [-0.39, 0.29) is 12.5 Å². The summed E-state index contributed by atoms with van der Waals surface area (Å²) in [5.74, 6) is -1.38. The smallest absolute Gasteiger partial charge is 0.303 e. The number of hydrogen-bond acceptors (Lipinski definition) is 13. The van der Waals surface area contributed by atoms with Gasteiger partial charge in [-0.05, 0) is 19.8 Å². The molecular weight excluding hydrogens is 584 g/mol. The summed E-state index contributed by atoms with van der Waals surface area (Å²) in [7, 11) is 0. The lowest BCUT2D eigenvalue weighted by Gasteiger charge is -2.46. The van der Waals surface area contributed by atoms with Crippen LogP contribution in [0.3, 0.4) is 0 Å². The van der Waals surface area contributed by atoms with Gasteiger partial charge in [-0.15, -0.1) is 0 Å². The molecule has 0 spiro atoms. The molecule has 14 heteroatoms. The third-order valence-corrected chi connectivity index (χ3v) is 8.10. The van der Waals surface area contributed by atoms with E-state index in [1.165, 1.54) is 6.42 Å². The molecule has 2 aliphatic rings. The van der Waals surface area contributed by atoms with Crippen molar-refractivity contribution in [3.8, 4) is 0 Å². The van der Waals surface area contributed by atoms with Crippen LogP contribution in [0, 0.1) is 0 Å². The quantitative estimate of drug-likeness (QED) is 0.0681. The van der Waals surface area contributed by atoms with E-state index in [0.717, 1.165) is 71.1 Å². The Kier molecular flexibility index (Phi) is 18.1. The number of unbranched alkanes of at least 4 members (excludes halogenated alkanes) is 10. The third kappa shape index (κ3) is 13.1. The Bertz CT molecular complexity index is 815. The highest BCUT2D eigenvalue weighted by atomic mass is 16.8. The SMILES string of the molecule is CC(=O)OC[C@H]1O[C@@H](O[C@H]2[C@H](OC(C)CCCCCCCCCCCCCC(=O)O)O[C@H](CO)[C@@H](O)[C@@H]2O)[C@H](O)[C@@H](O)[C@@H]1O. The fourth-order valence-electron chi connectivity index (χ4n) is 5.43. The van der Waals surface area contributed by atoms with E-state index in [1.807, 2.05) is 6.92 Å². The Hall–Kier alpha value is -1.46. The van der Waals surface area contributed by atoms with Gasteiger partial charge in [-0.3, -0.25) is 9.59 Å². The predicted molar refractivity (Wildman–Crippen MR) is 154 cm³/mol. The van der Waals surface area contributed by atoms with Crippen molar-refractivity contribution in [2.45, 2.75) is 165 Å². The molecule has 2 heterocycles. The highest BCUT2D eigenvalue weighted by Crippen LogP contribution is 2.31. The number of esters is 1. The molecule has 0 aliphatic carbocycles. The molecule has 0 aromatic carbocycles. The fourth-order valence-corrected chi connectivity index (χ4v) is 5.43. The number of aliphatic hydroxyl groups is 6. The molecule has 0 amide bonds. The Morgan fingerprint density at radius 1 is 0.705 bits per heavy atom. The van der Waals surface area contributed by atoms with E-state index in [0.29, 0.717) is 6.42 Å². The van der Waals surface area contributed by atoms with Crippen molar-refractivity contribution in [1.29, 1.82) is 0 Å². The van der Waals surface area contributed by atoms with Crippen molar-refractivity contribution in [2.75, 3.05) is 13.2 Å². The summed E-state index contributed by atoms with van der Waals surface area (Å²) in [6.45, 7) is 1.96. The van der Waals surface area contributed by atoms with E-state index in [1.54, 1.807) is 0 Å². The first kappa shape index (κ1) is 38.7. The standard InChI is InChI=1S/C30H54O14/c1-18(14-12-10-8-6-4-3-5-7-9-11-13-15-22(33)34)41-30-28(26(38)23(35)20(16-31)42-30)44-29-27(39)25(37)24(36)21(43-29)17-40-19(2)32/h18,20-21,23-31,35-39H,3-17H2,1-2H3,(H,33,34)/t18?,20-,21-,23-,24-,25+,26+,27-,28-,29+,30-/m1/s1. The van der Waals surface area contributed by atoms with Gasteiger partial charge in [0.25, 0.3) is 0 Å². The Balaban J connectivity index is 1.80. The van der Waals surface area contributed by atoms with Gasteiger partial charge >= 0.3 is 11.9 Å². The van der Waals surface area contributed by atoms with E-state index in [2.05, 4.69) is 0 Å². The lowest BCUT2D eigenvalue weighted by Crippen LogP contribution is -2.65. The Morgan fingerprint density at radius 3 is 1.77 bits per heavy atom. The van der Waals surface area contributed by atoms with E-state index < -0.39 is 86.6 Å². The first-order chi connectivity index (χ1) is 21.0. The summed E-state index contributed by atoms with van der Waals surface area (Å²) < 4.78 is 27.9. The van der Waals surface area contributed by atoms with Crippen molar-refractivity contribution in [1.82, 2.24) is 0 Å². The van der Waals surface area contributed by atoms with Gasteiger partial charge < -0.3 is 59.4 Å². The van der Waals surface area contributed by atoms with E-state index >= 15 is 0 Å². The zero-order chi connectivity index (χ0) is 32.6. The minimum atomic E-state index is -1.75. The van der Waals surface area contributed by atoms with Crippen LogP contribution in [0.25, 0.3) is 0 Å². The molecule has 2 rings (SSSR count). The zero-order valence-corrected chi connectivity index (χ0v) is 25.9. The second-order valence-corrected chi connectivity index (χ2v) is 11.9. The molecule has 0 aromatic heterocycles. The van der Waals surface area contributed by atoms with Crippen LogP contribution in [-0.2, 0) is 33.3 Å². The average Bonchev–Trinajstić information content (AvgIpc) is 2.98. The number of rotatable bonds is 21. The van der Waals surface area contributed by atoms with Gasteiger partial charge in [-0.25, -0.2) is 0 Å². The number of ether oxygens (including phenoxy) is 5. The van der Waals surface area contributed by atoms with Crippen LogP contribution >= 0.6 is 0 Å². The van der Waals surface area contributed by atoms with Gasteiger partial charge in [0.05, 0.1) is 12.7 Å². The lowest BCUT2D eigenvalue weighted by atomic mass is 9.97. The Morgan fingerprint density at radius 2 is 1.23 bits per heavy atom. The van der Waals surface area contributed by atoms with Crippen molar-refractivity contribution in [2.24, 2.45) is 0 Å². The minimum absolute atomic E-state index is 0.247. The molecule has 0 aromatic rings. The molecule has 7 N–H and O–H groups in total. The highest BCUT2D eigenvalue weighted by Gasteiger charge is 2.51. The van der Waals surface area contributed by atoms with Crippen LogP contribution in [0.2, 0.25) is 0 Å². The van der Waals surface area contributed by atoms with Crippen LogP contribution < -0.4 is 0 Å². The average molecular weight is 639 g/mol. The van der Waals surface area contributed by atoms with Crippen molar-refractivity contribution < 1.29 is 69.0 Å². The maximum Gasteiger partial charge on any atom is 0.303 e. The fraction of sp³-hybridized carbons (Fsp3) is 0.933. The molecule has 1 unspecified atom stereocenters. The monoisotopic (exact) mass is 638 g/mol. The summed E-state index contributed by atoms with van der Waals surface area (Å²) in [4.78, 5) is 21.7. The summed E-state index contributed by atoms with van der Waals surface area (Å²) in [6.07, 6.45) is -2.85. The highest BCUT2D eigenvalue weighted by molar-refractivity contribution is 5.66. The third-order valence-electron chi connectivity index (χ3n) is 8.10. The number of carboxylic acids is 1. The van der Waals surface area contributed by atoms with Crippen LogP contribution in [-0.4, -0.2) is 128 Å². The van der Waals surface area contributed by atoms with Gasteiger partial charge in [0, 0.05) is 13.3 Å². The molecule has 0 bridgehead atoms. The first-order valence-corrected chi connectivity index (χ1v) is 15.9. The largest absolute Gasteiger partial charge is 0.481 e. The molecule has 44 heavy (non-hydrogen) atoms. The van der Waals surface area contributed by atoms with Gasteiger partial charge in [0.2, 0.25) is 0 Å². The lowest BCUT2D eigenvalue weighted by molar-refractivity contribution is -0.371. The van der Waals surface area contributed by atoms with Crippen LogP contribution in [0.15, 0.2) is 0 Å². The van der Waals surface area contributed by atoms with Gasteiger partial charge in [0.1, 0.15) is 55.4 Å². The second-order valence-electron chi connectivity index (χ2n) is 11.9. The van der Waals surface area contributed by atoms with Gasteiger partial charge in [-0.2, -0.15) is 0 Å². The summed E-state index contributed by atoms with van der Waals surface area (Å²) >= 11 is 0. The van der Waals surface area contributed by atoms with Crippen LogP contribution in [0.4, 0.5) is 0 Å². The molecular formula is C30H54O14. The number of aliphatic hydroxyl groups excluding tert-OH is 6. The number of carbonyl (C=O) groups is 2. The van der Waals surface area contributed by atoms with Crippen molar-refractivity contribution in [3.63, 3.8) is 0 Å². The molecule has 2 saturated heterocycles. The predicted octanol–water partition coefficient (Wildman–Crippen LogP) is 0.742. The number of hydrogen-bond donors (Lipinski definition) is 7.